The number of rotatable bonds is 0. The average molecular weight is 200 g/mol. The highest BCUT2D eigenvalue weighted by Gasteiger charge is 2.47. The second-order valence-electron chi connectivity index (χ2n) is 4.87. The summed E-state index contributed by atoms with van der Waals surface area (Å²) >= 11 is 1.97. The van der Waals surface area contributed by atoms with Crippen LogP contribution in [0.2, 0.25) is 0 Å². The summed E-state index contributed by atoms with van der Waals surface area (Å²) in [5, 5.41) is 6.49. The standard InChI is InChI=1S/C9H16N2OS/c1-9(2,3)7-6-5(4-13-7)10-8(12)11-6/h5-7H,4H2,1-3H3,(H2,10,11,12). The minimum Gasteiger partial charge on any atom is -0.332 e. The van der Waals surface area contributed by atoms with Crippen LogP contribution in [0.1, 0.15) is 20.8 Å². The maximum atomic E-state index is 11.1. The van der Waals surface area contributed by atoms with Gasteiger partial charge in [-0.15, -0.1) is 0 Å². The number of thioether (sulfide) groups is 1. The minimum atomic E-state index is 0.00421. The molecule has 13 heavy (non-hydrogen) atoms. The van der Waals surface area contributed by atoms with Gasteiger partial charge in [-0.05, 0) is 5.41 Å². The Kier molecular flexibility index (Phi) is 1.98. The molecule has 0 spiro atoms. The van der Waals surface area contributed by atoms with Gasteiger partial charge in [0.05, 0.1) is 12.1 Å². The van der Waals surface area contributed by atoms with Crippen LogP contribution in [0.3, 0.4) is 0 Å². The molecule has 0 aromatic heterocycles. The lowest BCUT2D eigenvalue weighted by molar-refractivity contribution is 0.246. The fraction of sp³-hybridized carbons (Fsp3) is 0.889. The van der Waals surface area contributed by atoms with E-state index in [9.17, 15) is 4.79 Å². The van der Waals surface area contributed by atoms with Crippen LogP contribution >= 0.6 is 11.8 Å². The van der Waals surface area contributed by atoms with Gasteiger partial charge in [-0.3, -0.25) is 0 Å². The Morgan fingerprint density at radius 3 is 2.69 bits per heavy atom. The van der Waals surface area contributed by atoms with Gasteiger partial charge in [0, 0.05) is 11.0 Å². The molecule has 0 aromatic carbocycles. The van der Waals surface area contributed by atoms with Gasteiger partial charge in [0.15, 0.2) is 0 Å². The summed E-state index contributed by atoms with van der Waals surface area (Å²) < 4.78 is 0. The molecule has 3 nitrogen and oxygen atoms in total. The van der Waals surface area contributed by atoms with Gasteiger partial charge in [-0.25, -0.2) is 4.79 Å². The monoisotopic (exact) mass is 200 g/mol. The van der Waals surface area contributed by atoms with Crippen LogP contribution in [-0.2, 0) is 0 Å². The van der Waals surface area contributed by atoms with Crippen molar-refractivity contribution in [3.05, 3.63) is 0 Å². The first-order valence-corrected chi connectivity index (χ1v) is 5.72. The third-order valence-electron chi connectivity index (χ3n) is 2.68. The minimum absolute atomic E-state index is 0.00421. The zero-order chi connectivity index (χ0) is 9.64. The Balaban J connectivity index is 2.13. The van der Waals surface area contributed by atoms with Crippen LogP contribution in [0.5, 0.6) is 0 Å². The fourth-order valence-corrected chi connectivity index (χ4v) is 3.75. The molecule has 0 aromatic rings. The number of hydrogen-bond acceptors (Lipinski definition) is 2. The van der Waals surface area contributed by atoms with Crippen molar-refractivity contribution in [3.63, 3.8) is 0 Å². The highest BCUT2D eigenvalue weighted by Crippen LogP contribution is 2.40. The molecule has 0 saturated carbocycles. The number of fused-ring (bicyclic) bond motifs is 1. The number of urea groups is 1. The summed E-state index contributed by atoms with van der Waals surface area (Å²) in [5.74, 6) is 1.05. The molecular formula is C9H16N2OS. The molecule has 2 N–H and O–H groups in total. The van der Waals surface area contributed by atoms with Gasteiger partial charge in [-0.1, -0.05) is 20.8 Å². The number of carbonyl (C=O) groups is 1. The van der Waals surface area contributed by atoms with E-state index >= 15 is 0 Å². The molecule has 2 amide bonds. The van der Waals surface area contributed by atoms with Gasteiger partial charge >= 0.3 is 6.03 Å². The molecule has 3 atom stereocenters. The van der Waals surface area contributed by atoms with E-state index in [2.05, 4.69) is 31.4 Å². The molecule has 2 saturated heterocycles. The molecule has 4 heteroatoms. The fourth-order valence-electron chi connectivity index (χ4n) is 2.08. The molecule has 2 fully saturated rings. The van der Waals surface area contributed by atoms with Crippen LogP contribution in [0, 0.1) is 5.41 Å². The average Bonchev–Trinajstić information content (AvgIpc) is 2.41. The van der Waals surface area contributed by atoms with E-state index in [1.54, 1.807) is 0 Å². The van der Waals surface area contributed by atoms with E-state index in [4.69, 9.17) is 0 Å². The van der Waals surface area contributed by atoms with Crippen LogP contribution < -0.4 is 10.6 Å². The van der Waals surface area contributed by atoms with E-state index in [0.29, 0.717) is 17.3 Å². The quantitative estimate of drug-likeness (QED) is 0.577. The molecule has 2 aliphatic heterocycles. The Morgan fingerprint density at radius 2 is 2.08 bits per heavy atom. The zero-order valence-electron chi connectivity index (χ0n) is 8.26. The Morgan fingerprint density at radius 1 is 1.38 bits per heavy atom. The molecule has 2 heterocycles. The molecule has 0 aliphatic carbocycles. The van der Waals surface area contributed by atoms with Gasteiger partial charge in [0.2, 0.25) is 0 Å². The lowest BCUT2D eigenvalue weighted by Gasteiger charge is -2.30. The van der Waals surface area contributed by atoms with Crippen molar-refractivity contribution < 1.29 is 4.79 Å². The van der Waals surface area contributed by atoms with Crippen molar-refractivity contribution in [2.75, 3.05) is 5.75 Å². The summed E-state index contributed by atoms with van der Waals surface area (Å²) in [6.07, 6.45) is 0. The maximum absolute atomic E-state index is 11.1. The van der Waals surface area contributed by atoms with Gasteiger partial charge in [-0.2, -0.15) is 11.8 Å². The van der Waals surface area contributed by atoms with Gasteiger partial charge in [0.1, 0.15) is 0 Å². The smallest absolute Gasteiger partial charge is 0.315 e. The molecule has 0 radical (unpaired) electrons. The van der Waals surface area contributed by atoms with Crippen molar-refractivity contribution in [1.82, 2.24) is 10.6 Å². The number of carbonyl (C=O) groups excluding carboxylic acids is 1. The van der Waals surface area contributed by atoms with Crippen LogP contribution in [0.4, 0.5) is 4.79 Å². The van der Waals surface area contributed by atoms with Crippen LogP contribution in [0.25, 0.3) is 0 Å². The zero-order valence-corrected chi connectivity index (χ0v) is 9.07. The topological polar surface area (TPSA) is 41.1 Å². The van der Waals surface area contributed by atoms with E-state index in [1.165, 1.54) is 0 Å². The highest BCUT2D eigenvalue weighted by molar-refractivity contribution is 8.00. The number of nitrogens with one attached hydrogen (secondary N) is 2. The normalized spacial score (nSPS) is 38.4. The van der Waals surface area contributed by atoms with Gasteiger partial charge in [0.25, 0.3) is 0 Å². The molecular weight excluding hydrogens is 184 g/mol. The van der Waals surface area contributed by atoms with Crippen molar-refractivity contribution in [3.8, 4) is 0 Å². The SMILES string of the molecule is CC(C)(C)C1SCC2NC(=O)NC21. The number of amides is 2. The van der Waals surface area contributed by atoms with E-state index in [-0.39, 0.29) is 11.4 Å². The maximum Gasteiger partial charge on any atom is 0.315 e. The summed E-state index contributed by atoms with van der Waals surface area (Å²) in [6, 6.07) is 0.684. The van der Waals surface area contributed by atoms with E-state index in [1.807, 2.05) is 11.8 Å². The Hall–Kier alpha value is -0.380. The first-order chi connectivity index (χ1) is 5.98. The highest BCUT2D eigenvalue weighted by atomic mass is 32.2. The predicted molar refractivity (Wildman–Crippen MR) is 54.9 cm³/mol. The van der Waals surface area contributed by atoms with E-state index in [0.717, 1.165) is 5.75 Å². The number of hydrogen-bond donors (Lipinski definition) is 2. The van der Waals surface area contributed by atoms with Crippen molar-refractivity contribution in [2.24, 2.45) is 5.41 Å². The molecule has 3 unspecified atom stereocenters. The van der Waals surface area contributed by atoms with Crippen LogP contribution in [0.15, 0.2) is 0 Å². The third kappa shape index (κ3) is 1.52. The largest absolute Gasteiger partial charge is 0.332 e. The summed E-state index contributed by atoms with van der Waals surface area (Å²) in [6.45, 7) is 6.70. The predicted octanol–water partition coefficient (Wildman–Crippen LogP) is 1.20. The Labute approximate surface area is 83.0 Å². The summed E-state index contributed by atoms with van der Waals surface area (Å²) in [7, 11) is 0. The summed E-state index contributed by atoms with van der Waals surface area (Å²) in [5.41, 5.74) is 0.267. The third-order valence-corrected chi connectivity index (χ3v) is 4.59. The molecule has 0 bridgehead atoms. The van der Waals surface area contributed by atoms with Crippen molar-refractivity contribution >= 4 is 17.8 Å². The molecule has 2 aliphatic rings. The van der Waals surface area contributed by atoms with Crippen molar-refractivity contribution in [1.29, 1.82) is 0 Å². The second kappa shape index (κ2) is 2.80. The first kappa shape index (κ1) is 9.19. The lowest BCUT2D eigenvalue weighted by atomic mass is 9.86. The van der Waals surface area contributed by atoms with Crippen LogP contribution in [-0.4, -0.2) is 29.1 Å². The first-order valence-electron chi connectivity index (χ1n) is 4.67. The van der Waals surface area contributed by atoms with Gasteiger partial charge < -0.3 is 10.6 Å². The lowest BCUT2D eigenvalue weighted by Crippen LogP contribution is -2.42. The second-order valence-corrected chi connectivity index (χ2v) is 6.04. The summed E-state index contributed by atoms with van der Waals surface area (Å²) in [4.78, 5) is 11.1. The van der Waals surface area contributed by atoms with E-state index < -0.39 is 0 Å². The molecule has 74 valence electrons. The molecule has 2 rings (SSSR count). The Bertz CT molecular complexity index is 236. The van der Waals surface area contributed by atoms with Crippen molar-refractivity contribution in [2.45, 2.75) is 38.1 Å².